The van der Waals surface area contributed by atoms with E-state index in [4.69, 9.17) is 23.8 Å². The number of benzene rings is 2. The summed E-state index contributed by atoms with van der Waals surface area (Å²) in [6.07, 6.45) is -3.18. The summed E-state index contributed by atoms with van der Waals surface area (Å²) in [4.78, 5) is 18.5. The third-order valence-electron chi connectivity index (χ3n) is 6.21. The molecule has 2 aliphatic rings. The molecule has 0 radical (unpaired) electrons. The number of carbonyl (C=O) groups excluding carboxylic acids is 1. The van der Waals surface area contributed by atoms with Gasteiger partial charge in [-0.05, 0) is 50.6 Å². The standard InChI is InChI=1S/C26H34N2O9S/c1-4-33-14-15-34-19-10-12-20(13-11-19)38(31,32)28-16-21-24(37-26(2,3)36-21)23(29)22(28)25(30)27-35-17-18-8-6-5-7-9-18/h5-13,21-24,29H,4,14-17H2,1-3H3,(H,27,30)/t21-,22+,23+,24+/m0/s1. The van der Waals surface area contributed by atoms with Crippen LogP contribution in [0.5, 0.6) is 5.75 Å². The van der Waals surface area contributed by atoms with E-state index in [-0.39, 0.29) is 18.0 Å². The molecule has 2 fully saturated rings. The van der Waals surface area contributed by atoms with Crippen LogP contribution in [0.25, 0.3) is 0 Å². The van der Waals surface area contributed by atoms with E-state index in [1.807, 2.05) is 37.3 Å². The van der Waals surface area contributed by atoms with E-state index in [0.29, 0.717) is 25.6 Å². The Labute approximate surface area is 222 Å². The molecule has 4 atom stereocenters. The first-order chi connectivity index (χ1) is 18.1. The molecule has 0 unspecified atom stereocenters. The third-order valence-corrected chi connectivity index (χ3v) is 8.07. The Balaban J connectivity index is 1.53. The lowest BCUT2D eigenvalue weighted by atomic mass is 9.95. The number of aliphatic hydroxyl groups excluding tert-OH is 1. The van der Waals surface area contributed by atoms with Gasteiger partial charge in [0.25, 0.3) is 5.91 Å². The van der Waals surface area contributed by atoms with Crippen LogP contribution in [-0.4, -0.2) is 80.2 Å². The Morgan fingerprint density at radius 2 is 1.82 bits per heavy atom. The van der Waals surface area contributed by atoms with Gasteiger partial charge in [-0.2, -0.15) is 4.31 Å². The summed E-state index contributed by atoms with van der Waals surface area (Å²) in [5.41, 5.74) is 3.10. The zero-order valence-electron chi connectivity index (χ0n) is 21.6. The van der Waals surface area contributed by atoms with Crippen LogP contribution in [-0.2, 0) is 40.5 Å². The molecule has 0 bridgehead atoms. The van der Waals surface area contributed by atoms with Gasteiger partial charge in [-0.15, -0.1) is 0 Å². The summed E-state index contributed by atoms with van der Waals surface area (Å²) < 4.78 is 50.9. The molecule has 12 heteroatoms. The van der Waals surface area contributed by atoms with Gasteiger partial charge < -0.3 is 24.1 Å². The number of piperidine rings is 1. The molecule has 0 aliphatic carbocycles. The van der Waals surface area contributed by atoms with Crippen LogP contribution in [0.15, 0.2) is 59.5 Å². The molecule has 0 saturated carbocycles. The average Bonchev–Trinajstić information content (AvgIpc) is 3.22. The second-order valence-corrected chi connectivity index (χ2v) is 11.3. The smallest absolute Gasteiger partial charge is 0.264 e. The van der Waals surface area contributed by atoms with E-state index in [1.165, 1.54) is 24.3 Å². The molecule has 38 heavy (non-hydrogen) atoms. The zero-order chi connectivity index (χ0) is 27.3. The van der Waals surface area contributed by atoms with Gasteiger partial charge in [-0.25, -0.2) is 13.9 Å². The lowest BCUT2D eigenvalue weighted by Gasteiger charge is -2.41. The van der Waals surface area contributed by atoms with Gasteiger partial charge in [0.05, 0.1) is 18.1 Å². The van der Waals surface area contributed by atoms with Crippen molar-refractivity contribution in [1.82, 2.24) is 9.79 Å². The fraction of sp³-hybridized carbons (Fsp3) is 0.500. The second-order valence-electron chi connectivity index (χ2n) is 9.41. The molecule has 0 aromatic heterocycles. The Bertz CT molecular complexity index is 1170. The summed E-state index contributed by atoms with van der Waals surface area (Å²) in [6.45, 7) is 6.38. The van der Waals surface area contributed by atoms with Crippen molar-refractivity contribution in [3.8, 4) is 5.75 Å². The van der Waals surface area contributed by atoms with Gasteiger partial charge in [0.2, 0.25) is 10.0 Å². The monoisotopic (exact) mass is 550 g/mol. The van der Waals surface area contributed by atoms with E-state index in [1.54, 1.807) is 13.8 Å². The second kappa shape index (κ2) is 12.1. The molecule has 2 heterocycles. The maximum absolute atomic E-state index is 13.7. The van der Waals surface area contributed by atoms with Crippen LogP contribution in [0.2, 0.25) is 0 Å². The highest BCUT2D eigenvalue weighted by atomic mass is 32.2. The van der Waals surface area contributed by atoms with Crippen LogP contribution < -0.4 is 10.2 Å². The number of hydroxylamine groups is 1. The number of fused-ring (bicyclic) bond motifs is 1. The van der Waals surface area contributed by atoms with Gasteiger partial charge in [-0.1, -0.05) is 30.3 Å². The van der Waals surface area contributed by atoms with Crippen molar-refractivity contribution in [2.45, 2.75) is 62.4 Å². The third kappa shape index (κ3) is 6.52. The Hall–Kier alpha value is -2.58. The van der Waals surface area contributed by atoms with E-state index in [0.717, 1.165) is 9.87 Å². The molecule has 4 rings (SSSR count). The van der Waals surface area contributed by atoms with Crippen molar-refractivity contribution < 1.29 is 42.1 Å². The minimum absolute atomic E-state index is 0.0611. The zero-order valence-corrected chi connectivity index (χ0v) is 22.4. The van der Waals surface area contributed by atoms with Gasteiger partial charge in [-0.3, -0.25) is 9.63 Å². The number of nitrogens with one attached hydrogen (secondary N) is 1. The van der Waals surface area contributed by atoms with E-state index in [2.05, 4.69) is 5.48 Å². The molecule has 2 aromatic rings. The minimum Gasteiger partial charge on any atom is -0.491 e. The van der Waals surface area contributed by atoms with Crippen molar-refractivity contribution in [3.05, 3.63) is 60.2 Å². The number of amides is 1. The number of rotatable bonds is 11. The van der Waals surface area contributed by atoms with E-state index in [9.17, 15) is 18.3 Å². The highest BCUT2D eigenvalue weighted by Crippen LogP contribution is 2.37. The molecule has 2 aliphatic heterocycles. The van der Waals surface area contributed by atoms with Crippen LogP contribution in [0.4, 0.5) is 0 Å². The number of sulfonamides is 1. The summed E-state index contributed by atoms with van der Waals surface area (Å²) in [6, 6.07) is 13.5. The van der Waals surface area contributed by atoms with Gasteiger partial charge in [0, 0.05) is 13.2 Å². The molecule has 1 amide bonds. The molecular formula is C26H34N2O9S. The fourth-order valence-corrected chi connectivity index (χ4v) is 6.11. The van der Waals surface area contributed by atoms with Crippen LogP contribution in [0.3, 0.4) is 0 Å². The molecule has 0 spiro atoms. The topological polar surface area (TPSA) is 133 Å². The highest BCUT2D eigenvalue weighted by molar-refractivity contribution is 7.89. The van der Waals surface area contributed by atoms with E-state index >= 15 is 0 Å². The van der Waals surface area contributed by atoms with Crippen LogP contribution >= 0.6 is 0 Å². The predicted molar refractivity (Wildman–Crippen MR) is 135 cm³/mol. The summed E-state index contributed by atoms with van der Waals surface area (Å²) in [5.74, 6) is -1.40. The largest absolute Gasteiger partial charge is 0.491 e. The Morgan fingerprint density at radius 3 is 2.50 bits per heavy atom. The summed E-state index contributed by atoms with van der Waals surface area (Å²) in [7, 11) is -4.25. The Kier molecular flexibility index (Phi) is 9.04. The van der Waals surface area contributed by atoms with Crippen molar-refractivity contribution in [1.29, 1.82) is 0 Å². The lowest BCUT2D eigenvalue weighted by molar-refractivity contribution is -0.160. The molecule has 2 saturated heterocycles. The fourth-order valence-electron chi connectivity index (χ4n) is 4.50. The first-order valence-electron chi connectivity index (χ1n) is 12.4. The van der Waals surface area contributed by atoms with Crippen molar-refractivity contribution >= 4 is 15.9 Å². The lowest BCUT2D eigenvalue weighted by Crippen LogP contribution is -2.66. The predicted octanol–water partition coefficient (Wildman–Crippen LogP) is 1.60. The molecule has 2 aromatic carbocycles. The first kappa shape index (κ1) is 28.4. The molecular weight excluding hydrogens is 516 g/mol. The maximum Gasteiger partial charge on any atom is 0.264 e. The number of hydrogen-bond acceptors (Lipinski definition) is 9. The van der Waals surface area contributed by atoms with Crippen molar-refractivity contribution in [2.24, 2.45) is 0 Å². The number of hydrogen-bond donors (Lipinski definition) is 2. The summed E-state index contributed by atoms with van der Waals surface area (Å²) in [5, 5.41) is 11.2. The average molecular weight is 551 g/mol. The maximum atomic E-state index is 13.7. The van der Waals surface area contributed by atoms with Gasteiger partial charge in [0.1, 0.15) is 36.7 Å². The number of nitrogens with zero attached hydrogens (tertiary/aromatic N) is 1. The molecule has 11 nitrogen and oxygen atoms in total. The van der Waals surface area contributed by atoms with Crippen LogP contribution in [0.1, 0.15) is 26.3 Å². The van der Waals surface area contributed by atoms with Crippen molar-refractivity contribution in [3.63, 3.8) is 0 Å². The quantitative estimate of drug-likeness (QED) is 0.316. The normalized spacial score (nSPS) is 25.1. The molecule has 208 valence electrons. The number of ether oxygens (including phenoxy) is 4. The van der Waals surface area contributed by atoms with Crippen molar-refractivity contribution in [2.75, 3.05) is 26.4 Å². The number of aliphatic hydroxyl groups is 1. The Morgan fingerprint density at radius 1 is 1.11 bits per heavy atom. The highest BCUT2D eigenvalue weighted by Gasteiger charge is 2.57. The minimum atomic E-state index is -4.25. The van der Waals surface area contributed by atoms with Crippen LogP contribution in [0, 0.1) is 0 Å². The molecule has 2 N–H and O–H groups in total. The van der Waals surface area contributed by atoms with Gasteiger partial charge in [0.15, 0.2) is 5.79 Å². The van der Waals surface area contributed by atoms with Gasteiger partial charge >= 0.3 is 0 Å². The number of carbonyl (C=O) groups is 1. The van der Waals surface area contributed by atoms with E-state index < -0.39 is 46.1 Å². The SMILES string of the molecule is CCOCCOc1ccc(S(=O)(=O)N2C[C@@H]3OC(C)(C)O[C@H]3[C@H](O)[C@@H]2C(=O)NOCc2ccccc2)cc1. The first-order valence-corrected chi connectivity index (χ1v) is 13.9. The summed E-state index contributed by atoms with van der Waals surface area (Å²) >= 11 is 0.